The molecule has 0 radical (unpaired) electrons. The van der Waals surface area contributed by atoms with Crippen molar-refractivity contribution >= 4 is 21.8 Å². The largest absolute Gasteiger partial charge is 0.245 e. The van der Waals surface area contributed by atoms with Crippen LogP contribution in [0.15, 0.2) is 145 Å². The maximum atomic E-state index is 9.31. The molecule has 0 saturated carbocycles. The van der Waals surface area contributed by atoms with Gasteiger partial charge in [0.05, 0.1) is 27.9 Å². The fourth-order valence-corrected chi connectivity index (χ4v) is 4.81. The van der Waals surface area contributed by atoms with Gasteiger partial charge in [-0.05, 0) is 34.3 Å². The van der Waals surface area contributed by atoms with E-state index in [1.54, 1.807) is 0 Å². The topological polar surface area (TPSA) is 25.8 Å². The van der Waals surface area contributed by atoms with Crippen molar-refractivity contribution in [3.8, 4) is 44.8 Å². The van der Waals surface area contributed by atoms with Crippen molar-refractivity contribution in [2.24, 2.45) is 0 Å². The van der Waals surface area contributed by atoms with Crippen LogP contribution in [0.2, 0.25) is 0 Å². The van der Waals surface area contributed by atoms with Crippen LogP contribution in [0.1, 0.15) is 5.48 Å². The van der Waals surface area contributed by atoms with Crippen molar-refractivity contribution in [3.05, 3.63) is 145 Å². The zero-order chi connectivity index (χ0) is 28.8. The third-order valence-electron chi connectivity index (χ3n) is 6.66. The second-order valence-corrected chi connectivity index (χ2v) is 9.08. The number of hydrogen-bond acceptors (Lipinski definition) is 2. The number of fused-ring (bicyclic) bond motifs is 3. The number of nitrogens with zero attached hydrogens (tertiary/aromatic N) is 2. The first-order valence-corrected chi connectivity index (χ1v) is 12.5. The number of aromatic nitrogens is 2. The van der Waals surface area contributed by atoms with Crippen LogP contribution in [0.4, 0.5) is 0 Å². The van der Waals surface area contributed by atoms with E-state index in [0.717, 1.165) is 22.3 Å². The van der Waals surface area contributed by atoms with E-state index in [-0.39, 0.29) is 24.2 Å². The van der Waals surface area contributed by atoms with Crippen LogP contribution < -0.4 is 0 Å². The highest BCUT2D eigenvalue weighted by molar-refractivity contribution is 6.13. The Morgan fingerprint density at radius 2 is 0.711 bits per heavy atom. The maximum absolute atomic E-state index is 9.31. The van der Waals surface area contributed by atoms with Gasteiger partial charge < -0.3 is 0 Å². The highest BCUT2D eigenvalue weighted by atomic mass is 14.8. The van der Waals surface area contributed by atoms with Gasteiger partial charge in [0, 0.05) is 21.9 Å². The lowest BCUT2D eigenvalue weighted by Crippen LogP contribution is -1.95. The Bertz CT molecular complexity index is 1950. The van der Waals surface area contributed by atoms with Gasteiger partial charge in [0.2, 0.25) is 0 Å². The van der Waals surface area contributed by atoms with Crippen molar-refractivity contribution in [3.63, 3.8) is 0 Å². The van der Waals surface area contributed by atoms with Crippen molar-refractivity contribution in [1.82, 2.24) is 9.97 Å². The second kappa shape index (κ2) is 9.42. The van der Waals surface area contributed by atoms with Crippen molar-refractivity contribution in [2.45, 2.75) is 0 Å². The molecule has 0 atom stereocenters. The first-order chi connectivity index (χ1) is 20.5. The highest BCUT2D eigenvalue weighted by Gasteiger charge is 2.16. The molecular formula is C36H24N2. The first-order valence-electron chi connectivity index (χ1n) is 14.5. The van der Waals surface area contributed by atoms with Gasteiger partial charge >= 0.3 is 0 Å². The number of hydrogen-bond donors (Lipinski definition) is 0. The molecule has 2 nitrogen and oxygen atoms in total. The van der Waals surface area contributed by atoms with E-state index in [4.69, 9.17) is 9.97 Å². The third-order valence-corrected chi connectivity index (χ3v) is 6.66. The molecule has 0 unspecified atom stereocenters. The van der Waals surface area contributed by atoms with Crippen molar-refractivity contribution in [1.29, 1.82) is 0 Å². The number of pyridine rings is 2. The van der Waals surface area contributed by atoms with Gasteiger partial charge in [-0.2, -0.15) is 0 Å². The lowest BCUT2D eigenvalue weighted by atomic mass is 9.94. The summed E-state index contributed by atoms with van der Waals surface area (Å²) >= 11 is 0. The van der Waals surface area contributed by atoms with Crippen LogP contribution in [0, 0.1) is 0 Å². The molecule has 0 N–H and O–H groups in total. The van der Waals surface area contributed by atoms with Gasteiger partial charge in [-0.25, -0.2) is 9.97 Å². The molecule has 7 rings (SSSR count). The first kappa shape index (κ1) is 18.2. The Labute approximate surface area is 227 Å². The molecular weight excluding hydrogens is 460 g/mol. The molecule has 2 heterocycles. The van der Waals surface area contributed by atoms with Crippen LogP contribution in [-0.2, 0) is 0 Å². The van der Waals surface area contributed by atoms with Crippen LogP contribution in [-0.4, -0.2) is 9.97 Å². The zero-order valence-corrected chi connectivity index (χ0v) is 20.4. The lowest BCUT2D eigenvalue weighted by Gasteiger charge is -2.15. The third kappa shape index (κ3) is 3.93. The summed E-state index contributed by atoms with van der Waals surface area (Å²) in [4.78, 5) is 10.1. The zero-order valence-electron chi connectivity index (χ0n) is 24.4. The molecule has 0 spiro atoms. The minimum atomic E-state index is -0.0391. The molecule has 0 amide bonds. The Hall–Kier alpha value is -5.08. The summed E-state index contributed by atoms with van der Waals surface area (Å²) in [5, 5.41) is 0.818. The average molecular weight is 489 g/mol. The monoisotopic (exact) mass is 488 g/mol. The minimum absolute atomic E-state index is 0.0391. The van der Waals surface area contributed by atoms with Gasteiger partial charge in [0.15, 0.2) is 0 Å². The Kier molecular flexibility index (Phi) is 4.51. The van der Waals surface area contributed by atoms with Crippen LogP contribution in [0.25, 0.3) is 66.6 Å². The van der Waals surface area contributed by atoms with E-state index in [9.17, 15) is 5.48 Å². The van der Waals surface area contributed by atoms with Crippen LogP contribution in [0.5, 0.6) is 0 Å². The number of benzene rings is 5. The molecule has 0 fully saturated rings. The summed E-state index contributed by atoms with van der Waals surface area (Å²) in [7, 11) is 0. The van der Waals surface area contributed by atoms with Crippen LogP contribution in [0.3, 0.4) is 0 Å². The molecule has 0 aliphatic heterocycles. The predicted octanol–water partition coefficient (Wildman–Crippen LogP) is 9.45. The summed E-state index contributed by atoms with van der Waals surface area (Å²) in [5.74, 6) is 0. The molecule has 2 aromatic heterocycles. The molecule has 0 bridgehead atoms. The van der Waals surface area contributed by atoms with Gasteiger partial charge in [0.1, 0.15) is 0 Å². The van der Waals surface area contributed by atoms with Gasteiger partial charge in [-0.3, -0.25) is 0 Å². The molecule has 0 aliphatic rings. The van der Waals surface area contributed by atoms with E-state index in [0.29, 0.717) is 44.3 Å². The maximum Gasteiger partial charge on any atom is 0.0978 e. The molecule has 38 heavy (non-hydrogen) atoms. The standard InChI is InChI=1S/C36H24N2/c1-5-13-25(14-6-1)31-23-33(27-17-9-3-10-18-27)37-35-29(31)21-22-30-32(26-15-7-2-8-16-26)24-34(38-36(30)35)28-19-11-4-12-20-28/h1-24H/i21D,22D,23D,24D. The smallest absolute Gasteiger partial charge is 0.0978 e. The van der Waals surface area contributed by atoms with Crippen LogP contribution >= 0.6 is 0 Å². The summed E-state index contributed by atoms with van der Waals surface area (Å²) in [6, 6.07) is 38.6. The molecule has 2 heteroatoms. The van der Waals surface area contributed by atoms with E-state index in [1.165, 1.54) is 0 Å². The summed E-state index contributed by atoms with van der Waals surface area (Å²) in [6.45, 7) is 0. The normalized spacial score (nSPS) is 12.6. The molecule has 7 aromatic rings. The van der Waals surface area contributed by atoms with Crippen molar-refractivity contribution < 1.29 is 5.48 Å². The Morgan fingerprint density at radius 1 is 0.395 bits per heavy atom. The fourth-order valence-electron chi connectivity index (χ4n) is 4.81. The number of rotatable bonds is 4. The average Bonchev–Trinajstić information content (AvgIpc) is 3.05. The molecule has 5 aromatic carbocycles. The van der Waals surface area contributed by atoms with Gasteiger partial charge in [-0.1, -0.05) is 133 Å². The van der Waals surface area contributed by atoms with E-state index < -0.39 is 0 Å². The summed E-state index contributed by atoms with van der Waals surface area (Å²) in [5.41, 5.74) is 5.99. The molecule has 0 saturated heterocycles. The van der Waals surface area contributed by atoms with Gasteiger partial charge in [0.25, 0.3) is 0 Å². The van der Waals surface area contributed by atoms with E-state index >= 15 is 0 Å². The predicted molar refractivity (Wildman–Crippen MR) is 159 cm³/mol. The highest BCUT2D eigenvalue weighted by Crippen LogP contribution is 2.39. The van der Waals surface area contributed by atoms with E-state index in [2.05, 4.69) is 0 Å². The second-order valence-electron chi connectivity index (χ2n) is 9.08. The minimum Gasteiger partial charge on any atom is -0.245 e. The van der Waals surface area contributed by atoms with Crippen molar-refractivity contribution in [2.75, 3.05) is 0 Å². The fraction of sp³-hybridized carbons (Fsp3) is 0. The summed E-state index contributed by atoms with van der Waals surface area (Å²) < 4.78 is 37.2. The molecule has 0 aliphatic carbocycles. The van der Waals surface area contributed by atoms with Gasteiger partial charge in [-0.15, -0.1) is 0 Å². The lowest BCUT2D eigenvalue weighted by molar-refractivity contribution is 1.36. The SMILES string of the molecule is [2H]c1c(-c2ccccc2)nc2c(c([2H])c([2H])c3c(-c4ccccc4)c([2H])c(-c4ccccc4)nc32)c1-c1ccccc1. The quantitative estimate of drug-likeness (QED) is 0.231. The van der Waals surface area contributed by atoms with E-state index in [1.807, 2.05) is 121 Å². The summed E-state index contributed by atoms with van der Waals surface area (Å²) in [6.07, 6.45) is 0. The Morgan fingerprint density at radius 3 is 1.05 bits per heavy atom. The Balaban J connectivity index is 1.74. The molecule has 178 valence electrons.